The van der Waals surface area contributed by atoms with E-state index in [0.717, 1.165) is 25.6 Å². The summed E-state index contributed by atoms with van der Waals surface area (Å²) in [6.45, 7) is 3.63. The Kier molecular flexibility index (Phi) is 5.05. The summed E-state index contributed by atoms with van der Waals surface area (Å²) in [4.78, 5) is 13.6. The van der Waals surface area contributed by atoms with Crippen LogP contribution in [0.3, 0.4) is 0 Å². The maximum Gasteiger partial charge on any atom is 0.220 e. The molecule has 1 rings (SSSR count). The first-order valence-corrected chi connectivity index (χ1v) is 5.82. The van der Waals surface area contributed by atoms with E-state index >= 15 is 0 Å². The number of hydrogen-bond donors (Lipinski definition) is 2. The van der Waals surface area contributed by atoms with Gasteiger partial charge in [-0.2, -0.15) is 0 Å². The summed E-state index contributed by atoms with van der Waals surface area (Å²) in [7, 11) is 2.12. The SMILES string of the molecule is CC(N)CCC(=O)NCCN(C)C1CC1. The van der Waals surface area contributed by atoms with Gasteiger partial charge in [0.25, 0.3) is 0 Å². The van der Waals surface area contributed by atoms with Crippen LogP contribution in [0.5, 0.6) is 0 Å². The Morgan fingerprint density at radius 3 is 2.80 bits per heavy atom. The van der Waals surface area contributed by atoms with E-state index in [0.29, 0.717) is 6.42 Å². The number of nitrogens with two attached hydrogens (primary N) is 1. The van der Waals surface area contributed by atoms with Crippen LogP contribution < -0.4 is 11.1 Å². The predicted octanol–water partition coefficient (Wildman–Crippen LogP) is 0.324. The monoisotopic (exact) mass is 213 g/mol. The second kappa shape index (κ2) is 6.08. The first-order valence-electron chi connectivity index (χ1n) is 5.82. The van der Waals surface area contributed by atoms with Crippen LogP contribution >= 0.6 is 0 Å². The van der Waals surface area contributed by atoms with Crippen LogP contribution in [-0.2, 0) is 4.79 Å². The van der Waals surface area contributed by atoms with Gasteiger partial charge in [0.1, 0.15) is 0 Å². The molecule has 3 N–H and O–H groups in total. The van der Waals surface area contributed by atoms with Crippen molar-refractivity contribution in [3.63, 3.8) is 0 Å². The number of carbonyl (C=O) groups is 1. The highest BCUT2D eigenvalue weighted by Gasteiger charge is 2.25. The fourth-order valence-electron chi connectivity index (χ4n) is 1.52. The Morgan fingerprint density at radius 2 is 2.27 bits per heavy atom. The Labute approximate surface area is 92.2 Å². The van der Waals surface area contributed by atoms with Gasteiger partial charge >= 0.3 is 0 Å². The third kappa shape index (κ3) is 5.74. The molecule has 0 bridgehead atoms. The van der Waals surface area contributed by atoms with Crippen molar-refractivity contribution < 1.29 is 4.79 Å². The van der Waals surface area contributed by atoms with Gasteiger partial charge in [-0.25, -0.2) is 0 Å². The Hall–Kier alpha value is -0.610. The summed E-state index contributed by atoms with van der Waals surface area (Å²) < 4.78 is 0. The minimum atomic E-state index is 0.116. The number of rotatable bonds is 7. The average molecular weight is 213 g/mol. The molecule has 0 aromatic heterocycles. The molecule has 15 heavy (non-hydrogen) atoms. The highest BCUT2D eigenvalue weighted by molar-refractivity contribution is 5.75. The second-order valence-corrected chi connectivity index (χ2v) is 4.58. The lowest BCUT2D eigenvalue weighted by Crippen LogP contribution is -2.34. The fourth-order valence-corrected chi connectivity index (χ4v) is 1.52. The minimum Gasteiger partial charge on any atom is -0.355 e. The van der Waals surface area contributed by atoms with Gasteiger partial charge in [-0.15, -0.1) is 0 Å². The van der Waals surface area contributed by atoms with Crippen molar-refractivity contribution in [2.75, 3.05) is 20.1 Å². The summed E-state index contributed by atoms with van der Waals surface area (Å²) in [5.41, 5.74) is 5.58. The topological polar surface area (TPSA) is 58.4 Å². The van der Waals surface area contributed by atoms with Crippen LogP contribution in [0.25, 0.3) is 0 Å². The predicted molar refractivity (Wildman–Crippen MR) is 61.5 cm³/mol. The van der Waals surface area contributed by atoms with Crippen molar-refractivity contribution in [1.82, 2.24) is 10.2 Å². The normalized spacial score (nSPS) is 17.9. The van der Waals surface area contributed by atoms with Gasteiger partial charge in [-0.3, -0.25) is 4.79 Å². The van der Waals surface area contributed by atoms with Crippen molar-refractivity contribution in [2.45, 2.75) is 44.7 Å². The first kappa shape index (κ1) is 12.5. The molecule has 4 nitrogen and oxygen atoms in total. The van der Waals surface area contributed by atoms with E-state index in [1.54, 1.807) is 0 Å². The van der Waals surface area contributed by atoms with Gasteiger partial charge in [0, 0.05) is 31.6 Å². The highest BCUT2D eigenvalue weighted by Crippen LogP contribution is 2.24. The van der Waals surface area contributed by atoms with Crippen LogP contribution in [0.2, 0.25) is 0 Å². The molecular formula is C11H23N3O. The third-order valence-corrected chi connectivity index (χ3v) is 2.78. The molecule has 0 heterocycles. The quantitative estimate of drug-likeness (QED) is 0.640. The summed E-state index contributed by atoms with van der Waals surface area (Å²) in [6.07, 6.45) is 3.94. The lowest BCUT2D eigenvalue weighted by molar-refractivity contribution is -0.121. The average Bonchev–Trinajstić information content (AvgIpc) is 2.97. The van der Waals surface area contributed by atoms with Gasteiger partial charge in [0.2, 0.25) is 5.91 Å². The van der Waals surface area contributed by atoms with Crippen LogP contribution in [0.4, 0.5) is 0 Å². The van der Waals surface area contributed by atoms with E-state index in [2.05, 4.69) is 17.3 Å². The third-order valence-electron chi connectivity index (χ3n) is 2.78. The Bertz CT molecular complexity index is 202. The van der Waals surface area contributed by atoms with E-state index < -0.39 is 0 Å². The molecule has 4 heteroatoms. The first-order chi connectivity index (χ1) is 7.09. The fraction of sp³-hybridized carbons (Fsp3) is 0.909. The van der Waals surface area contributed by atoms with Gasteiger partial charge < -0.3 is 16.0 Å². The molecule has 1 aliphatic carbocycles. The molecule has 1 atom stereocenters. The maximum absolute atomic E-state index is 11.3. The molecule has 0 aliphatic heterocycles. The number of nitrogens with one attached hydrogen (secondary N) is 1. The molecule has 1 aliphatic rings. The van der Waals surface area contributed by atoms with Crippen molar-refractivity contribution in [1.29, 1.82) is 0 Å². The molecule has 1 unspecified atom stereocenters. The summed E-state index contributed by atoms with van der Waals surface area (Å²) in [5.74, 6) is 0.122. The number of likely N-dealkylation sites (N-methyl/N-ethyl adjacent to an activating group) is 1. The molecule has 0 aromatic rings. The number of amides is 1. The van der Waals surface area contributed by atoms with Gasteiger partial charge in [0.05, 0.1) is 0 Å². The molecule has 1 fully saturated rings. The molecule has 0 radical (unpaired) electrons. The van der Waals surface area contributed by atoms with Crippen molar-refractivity contribution in [3.8, 4) is 0 Å². The van der Waals surface area contributed by atoms with Crippen LogP contribution in [0.1, 0.15) is 32.6 Å². The van der Waals surface area contributed by atoms with Crippen molar-refractivity contribution in [3.05, 3.63) is 0 Å². The summed E-state index contributed by atoms with van der Waals surface area (Å²) >= 11 is 0. The van der Waals surface area contributed by atoms with E-state index in [-0.39, 0.29) is 11.9 Å². The van der Waals surface area contributed by atoms with E-state index in [9.17, 15) is 4.79 Å². The standard InChI is InChI=1S/C11H23N3O/c1-9(12)3-6-11(15)13-7-8-14(2)10-4-5-10/h9-10H,3-8,12H2,1-2H3,(H,13,15). The maximum atomic E-state index is 11.3. The second-order valence-electron chi connectivity index (χ2n) is 4.58. The smallest absolute Gasteiger partial charge is 0.220 e. The van der Waals surface area contributed by atoms with Gasteiger partial charge in [-0.1, -0.05) is 0 Å². The highest BCUT2D eigenvalue weighted by atomic mass is 16.1. The zero-order valence-electron chi connectivity index (χ0n) is 9.83. The Balaban J connectivity index is 1.96. The van der Waals surface area contributed by atoms with Crippen molar-refractivity contribution in [2.24, 2.45) is 5.73 Å². The van der Waals surface area contributed by atoms with E-state index in [1.807, 2.05) is 6.92 Å². The molecule has 0 saturated heterocycles. The molecule has 88 valence electrons. The molecular weight excluding hydrogens is 190 g/mol. The lowest BCUT2D eigenvalue weighted by Gasteiger charge is -2.15. The largest absolute Gasteiger partial charge is 0.355 e. The van der Waals surface area contributed by atoms with Gasteiger partial charge in [0.15, 0.2) is 0 Å². The molecule has 0 spiro atoms. The zero-order valence-corrected chi connectivity index (χ0v) is 9.83. The molecule has 0 aromatic carbocycles. The number of hydrogen-bond acceptors (Lipinski definition) is 3. The van der Waals surface area contributed by atoms with Crippen molar-refractivity contribution >= 4 is 5.91 Å². The Morgan fingerprint density at radius 1 is 1.60 bits per heavy atom. The van der Waals surface area contributed by atoms with E-state index in [4.69, 9.17) is 5.73 Å². The van der Waals surface area contributed by atoms with Crippen LogP contribution in [-0.4, -0.2) is 43.0 Å². The minimum absolute atomic E-state index is 0.116. The van der Waals surface area contributed by atoms with Crippen LogP contribution in [0, 0.1) is 0 Å². The van der Waals surface area contributed by atoms with Crippen LogP contribution in [0.15, 0.2) is 0 Å². The summed E-state index contributed by atoms with van der Waals surface area (Å²) in [6, 6.07) is 0.885. The van der Waals surface area contributed by atoms with E-state index in [1.165, 1.54) is 12.8 Å². The number of carbonyl (C=O) groups excluding carboxylic acids is 1. The molecule has 1 amide bonds. The zero-order chi connectivity index (χ0) is 11.3. The lowest BCUT2D eigenvalue weighted by atomic mass is 10.2. The molecule has 1 saturated carbocycles. The van der Waals surface area contributed by atoms with Gasteiger partial charge in [-0.05, 0) is 33.2 Å². The summed E-state index contributed by atoms with van der Waals surface area (Å²) in [5, 5.41) is 2.92. The number of nitrogens with zero attached hydrogens (tertiary/aromatic N) is 1.